The lowest BCUT2D eigenvalue weighted by Crippen LogP contribution is -2.43. The van der Waals surface area contributed by atoms with Crippen molar-refractivity contribution in [2.45, 2.75) is 52.7 Å². The molecule has 0 amide bonds. The van der Waals surface area contributed by atoms with Crippen LogP contribution in [0.25, 0.3) is 0 Å². The minimum atomic E-state index is -0.673. The van der Waals surface area contributed by atoms with Crippen molar-refractivity contribution >= 4 is 11.8 Å². The number of esters is 1. The Hall–Kier alpha value is -2.64. The molecule has 0 aromatic heterocycles. The summed E-state index contributed by atoms with van der Waals surface area (Å²) in [6.07, 6.45) is 7.19. The second kappa shape index (κ2) is 11.2. The Balaban J connectivity index is 1.83. The maximum absolute atomic E-state index is 13.7. The Bertz CT molecular complexity index is 935. The first kappa shape index (κ1) is 26.0. The zero-order chi connectivity index (χ0) is 24.8. The molecular weight excluding hydrogens is 436 g/mol. The van der Waals surface area contributed by atoms with Crippen LogP contribution in [0.1, 0.15) is 56.0 Å². The van der Waals surface area contributed by atoms with Gasteiger partial charge in [-0.1, -0.05) is 12.2 Å². The molecule has 0 N–H and O–H groups in total. The van der Waals surface area contributed by atoms with Crippen molar-refractivity contribution in [3.8, 4) is 5.75 Å². The molecule has 34 heavy (non-hydrogen) atoms. The normalized spacial score (nSPS) is 21.0. The van der Waals surface area contributed by atoms with Crippen molar-refractivity contribution in [3.63, 3.8) is 0 Å². The summed E-state index contributed by atoms with van der Waals surface area (Å²) in [5.74, 6) is 1.10. The van der Waals surface area contributed by atoms with Crippen LogP contribution in [0.2, 0.25) is 0 Å². The number of rotatable bonds is 9. The average molecular weight is 473 g/mol. The van der Waals surface area contributed by atoms with Crippen molar-refractivity contribution in [3.05, 3.63) is 53.3 Å². The van der Waals surface area contributed by atoms with Gasteiger partial charge in [0, 0.05) is 24.8 Å². The first-order valence-corrected chi connectivity index (χ1v) is 11.7. The molecule has 1 fully saturated rings. The number of methoxy groups -OCH3 is 2. The summed E-state index contributed by atoms with van der Waals surface area (Å²) in [6, 6.07) is 5.38. The van der Waals surface area contributed by atoms with Gasteiger partial charge in [0.1, 0.15) is 5.75 Å². The Labute approximate surface area is 202 Å². The smallest absolute Gasteiger partial charge is 0.311 e. The van der Waals surface area contributed by atoms with Crippen LogP contribution in [0.4, 0.5) is 0 Å². The van der Waals surface area contributed by atoms with Crippen LogP contribution >= 0.6 is 0 Å². The van der Waals surface area contributed by atoms with Crippen LogP contribution in [0.3, 0.4) is 0 Å². The molecule has 1 unspecified atom stereocenters. The van der Waals surface area contributed by atoms with Gasteiger partial charge >= 0.3 is 5.97 Å². The second-order valence-electron chi connectivity index (χ2n) is 9.79. The minimum Gasteiger partial charge on any atom is -0.501 e. The zero-order valence-corrected chi connectivity index (χ0v) is 20.8. The Morgan fingerprint density at radius 3 is 2.50 bits per heavy atom. The van der Waals surface area contributed by atoms with E-state index in [2.05, 4.69) is 0 Å². The molecule has 1 heterocycles. The quantitative estimate of drug-likeness (QED) is 0.383. The number of hydrogen-bond acceptors (Lipinski definition) is 7. The molecule has 7 nitrogen and oxygen atoms in total. The summed E-state index contributed by atoms with van der Waals surface area (Å²) in [6.45, 7) is 6.79. The minimum absolute atomic E-state index is 0.0421. The summed E-state index contributed by atoms with van der Waals surface area (Å²) in [5.41, 5.74) is 0.0889. The van der Waals surface area contributed by atoms with Crippen molar-refractivity contribution in [2.24, 2.45) is 10.8 Å². The van der Waals surface area contributed by atoms with E-state index in [0.717, 1.165) is 17.7 Å². The van der Waals surface area contributed by atoms with Crippen LogP contribution in [0.5, 0.6) is 5.75 Å². The van der Waals surface area contributed by atoms with Gasteiger partial charge in [0.05, 0.1) is 50.6 Å². The summed E-state index contributed by atoms with van der Waals surface area (Å²) in [4.78, 5) is 25.8. The van der Waals surface area contributed by atoms with Gasteiger partial charge in [-0.05, 0) is 57.0 Å². The lowest BCUT2D eigenvalue weighted by Gasteiger charge is -2.41. The molecule has 1 aliphatic carbocycles. The number of carbonyl (C=O) groups is 2. The third-order valence-electron chi connectivity index (χ3n) is 6.09. The number of benzene rings is 1. The van der Waals surface area contributed by atoms with Gasteiger partial charge in [-0.25, -0.2) is 0 Å². The van der Waals surface area contributed by atoms with Gasteiger partial charge in [0.25, 0.3) is 0 Å². The van der Waals surface area contributed by atoms with Crippen molar-refractivity contribution in [1.29, 1.82) is 0 Å². The first-order valence-electron chi connectivity index (χ1n) is 11.7. The van der Waals surface area contributed by atoms with E-state index in [1.807, 2.05) is 45.1 Å². The Morgan fingerprint density at radius 2 is 1.85 bits per heavy atom. The number of carbonyl (C=O) groups excluding carboxylic acids is 2. The van der Waals surface area contributed by atoms with E-state index in [0.29, 0.717) is 37.4 Å². The number of Topliss-reactive ketones (excluding diaryl/α,β-unsaturated/α-hetero) is 1. The summed E-state index contributed by atoms with van der Waals surface area (Å²) in [5, 5.41) is 0. The maximum Gasteiger partial charge on any atom is 0.311 e. The highest BCUT2D eigenvalue weighted by molar-refractivity contribution is 5.98. The van der Waals surface area contributed by atoms with Crippen molar-refractivity contribution < 1.29 is 33.3 Å². The number of hydrogen-bond donors (Lipinski definition) is 0. The monoisotopic (exact) mass is 472 g/mol. The van der Waals surface area contributed by atoms with Gasteiger partial charge in [-0.2, -0.15) is 0 Å². The molecule has 3 rings (SSSR count). The molecular formula is C27H36O7. The highest BCUT2D eigenvalue weighted by Gasteiger charge is 2.44. The first-order chi connectivity index (χ1) is 16.2. The molecule has 1 aromatic carbocycles. The van der Waals surface area contributed by atoms with Gasteiger partial charge in [-0.3, -0.25) is 9.59 Å². The Kier molecular flexibility index (Phi) is 8.55. The predicted octanol–water partition coefficient (Wildman–Crippen LogP) is 4.64. The van der Waals surface area contributed by atoms with E-state index in [9.17, 15) is 9.59 Å². The maximum atomic E-state index is 13.7. The highest BCUT2D eigenvalue weighted by atomic mass is 16.7. The molecule has 0 bridgehead atoms. The van der Waals surface area contributed by atoms with Crippen LogP contribution in [-0.2, 0) is 30.2 Å². The van der Waals surface area contributed by atoms with E-state index in [-0.39, 0.29) is 24.8 Å². The van der Waals surface area contributed by atoms with E-state index >= 15 is 0 Å². The zero-order valence-electron chi connectivity index (χ0n) is 20.8. The highest BCUT2D eigenvalue weighted by Crippen LogP contribution is 2.43. The lowest BCUT2D eigenvalue weighted by molar-refractivity contribution is -0.225. The fraction of sp³-hybridized carbons (Fsp3) is 0.556. The van der Waals surface area contributed by atoms with E-state index in [4.69, 9.17) is 23.7 Å². The fourth-order valence-corrected chi connectivity index (χ4v) is 4.16. The predicted molar refractivity (Wildman–Crippen MR) is 128 cm³/mol. The number of allylic oxidation sites excluding steroid dienone is 3. The van der Waals surface area contributed by atoms with E-state index < -0.39 is 17.1 Å². The molecule has 186 valence electrons. The molecule has 0 saturated carbocycles. The molecule has 1 atom stereocenters. The van der Waals surface area contributed by atoms with Crippen molar-refractivity contribution in [2.75, 3.05) is 34.0 Å². The van der Waals surface area contributed by atoms with E-state index in [1.54, 1.807) is 26.4 Å². The third-order valence-corrected chi connectivity index (χ3v) is 6.09. The topological polar surface area (TPSA) is 80.3 Å². The molecule has 0 radical (unpaired) electrons. The van der Waals surface area contributed by atoms with Crippen molar-refractivity contribution in [1.82, 2.24) is 0 Å². The third kappa shape index (κ3) is 6.27. The summed E-state index contributed by atoms with van der Waals surface area (Å²) < 4.78 is 28.2. The molecule has 7 heteroatoms. The van der Waals surface area contributed by atoms with Gasteiger partial charge in [0.15, 0.2) is 12.1 Å². The van der Waals surface area contributed by atoms with Crippen LogP contribution < -0.4 is 4.74 Å². The summed E-state index contributed by atoms with van der Waals surface area (Å²) >= 11 is 0. The van der Waals surface area contributed by atoms with Gasteiger partial charge in [-0.15, -0.1) is 0 Å². The molecule has 2 aliphatic rings. The van der Waals surface area contributed by atoms with Gasteiger partial charge < -0.3 is 23.7 Å². The standard InChI is InChI=1S/C27H36O7/c1-26(2,3)24(29)32-15-11-19-16-20(30-4)9-10-22(19)23(28)18-27(25-33-13-7-14-34-25)12-6-8-21(17-27)31-5/h6,8-10,12,16,25H,7,11,13-15,17-18H2,1-5H3. The SMILES string of the molecule is COC1=CC=CC(CC(=O)c2ccc(OC)cc2CCOC(=O)C(C)(C)C)(C2OCCCO2)C1. The van der Waals surface area contributed by atoms with Gasteiger partial charge in [0.2, 0.25) is 0 Å². The molecule has 0 spiro atoms. The molecule has 1 saturated heterocycles. The van der Waals surface area contributed by atoms with Crippen LogP contribution in [0, 0.1) is 10.8 Å². The molecule has 1 aromatic rings. The fourth-order valence-electron chi connectivity index (χ4n) is 4.16. The average Bonchev–Trinajstić information content (AvgIpc) is 2.83. The largest absolute Gasteiger partial charge is 0.501 e. The summed E-state index contributed by atoms with van der Waals surface area (Å²) in [7, 11) is 3.21. The number of ether oxygens (including phenoxy) is 5. The lowest BCUT2D eigenvalue weighted by atomic mass is 9.74. The second-order valence-corrected chi connectivity index (χ2v) is 9.79. The Morgan fingerprint density at radius 1 is 1.12 bits per heavy atom. The molecule has 1 aliphatic heterocycles. The number of ketones is 1. The van der Waals surface area contributed by atoms with Crippen LogP contribution in [0.15, 0.2) is 42.2 Å². The van der Waals surface area contributed by atoms with E-state index in [1.165, 1.54) is 0 Å². The van der Waals surface area contributed by atoms with Crippen LogP contribution in [-0.4, -0.2) is 52.1 Å².